The Morgan fingerprint density at radius 2 is 2.00 bits per heavy atom. The molecule has 0 heterocycles. The Balaban J connectivity index is 2.42. The second-order valence-electron chi connectivity index (χ2n) is 3.92. The Kier molecular flexibility index (Phi) is 4.99. The van der Waals surface area contributed by atoms with Crippen molar-refractivity contribution in [3.05, 3.63) is 35.9 Å². The number of carbonyl (C=O) groups is 1. The van der Waals surface area contributed by atoms with Crippen LogP contribution in [0.5, 0.6) is 0 Å². The molecule has 0 aliphatic carbocycles. The molecule has 0 fully saturated rings. The van der Waals surface area contributed by atoms with Crippen LogP contribution < -0.4 is 5.32 Å². The molecular formula is C13H20N2O. The largest absolute Gasteiger partial charge is 0.345 e. The summed E-state index contributed by atoms with van der Waals surface area (Å²) >= 11 is 0. The summed E-state index contributed by atoms with van der Waals surface area (Å²) in [6.07, 6.45) is 0. The average molecular weight is 220 g/mol. The van der Waals surface area contributed by atoms with E-state index in [4.69, 9.17) is 0 Å². The molecule has 1 atom stereocenters. The molecule has 1 aromatic carbocycles. The Hall–Kier alpha value is -1.35. The standard InChI is InChI=1S/C13H20N2O/c1-4-15(3)13(16)10-14-11(2)12-8-6-5-7-9-12/h5-9,11,14H,4,10H2,1-3H3. The topological polar surface area (TPSA) is 32.3 Å². The van der Waals surface area contributed by atoms with Crippen LogP contribution in [-0.2, 0) is 4.79 Å². The van der Waals surface area contributed by atoms with Crippen molar-refractivity contribution < 1.29 is 4.79 Å². The zero-order valence-corrected chi connectivity index (χ0v) is 10.2. The number of likely N-dealkylation sites (N-methyl/N-ethyl adjacent to an activating group) is 1. The fourth-order valence-corrected chi connectivity index (χ4v) is 1.41. The fourth-order valence-electron chi connectivity index (χ4n) is 1.41. The Labute approximate surface area is 97.5 Å². The SMILES string of the molecule is CCN(C)C(=O)CNC(C)c1ccccc1. The Bertz CT molecular complexity index is 324. The zero-order valence-electron chi connectivity index (χ0n) is 10.2. The van der Waals surface area contributed by atoms with E-state index in [0.717, 1.165) is 6.54 Å². The van der Waals surface area contributed by atoms with Gasteiger partial charge in [-0.15, -0.1) is 0 Å². The van der Waals surface area contributed by atoms with E-state index in [0.29, 0.717) is 6.54 Å². The van der Waals surface area contributed by atoms with Crippen LogP contribution in [0.25, 0.3) is 0 Å². The highest BCUT2D eigenvalue weighted by Crippen LogP contribution is 2.10. The molecule has 0 bridgehead atoms. The summed E-state index contributed by atoms with van der Waals surface area (Å²) in [6, 6.07) is 10.3. The van der Waals surface area contributed by atoms with Crippen molar-refractivity contribution in [2.24, 2.45) is 0 Å². The molecule has 0 saturated carbocycles. The minimum Gasteiger partial charge on any atom is -0.345 e. The van der Waals surface area contributed by atoms with Gasteiger partial charge in [-0.1, -0.05) is 30.3 Å². The van der Waals surface area contributed by atoms with Crippen molar-refractivity contribution in [1.82, 2.24) is 10.2 Å². The predicted octanol–water partition coefficient (Wildman–Crippen LogP) is 1.82. The first-order chi connectivity index (χ1) is 7.65. The summed E-state index contributed by atoms with van der Waals surface area (Å²) in [5, 5.41) is 3.22. The predicted molar refractivity (Wildman–Crippen MR) is 66.2 cm³/mol. The third kappa shape index (κ3) is 3.66. The third-order valence-electron chi connectivity index (χ3n) is 2.76. The Morgan fingerprint density at radius 3 is 2.56 bits per heavy atom. The first kappa shape index (κ1) is 12.7. The molecule has 1 N–H and O–H groups in total. The Morgan fingerprint density at radius 1 is 1.38 bits per heavy atom. The molecule has 3 nitrogen and oxygen atoms in total. The van der Waals surface area contributed by atoms with Crippen LogP contribution in [0.1, 0.15) is 25.5 Å². The lowest BCUT2D eigenvalue weighted by molar-refractivity contribution is -0.128. The summed E-state index contributed by atoms with van der Waals surface area (Å²) in [5.74, 6) is 0.130. The van der Waals surface area contributed by atoms with Gasteiger partial charge >= 0.3 is 0 Å². The van der Waals surface area contributed by atoms with Gasteiger partial charge in [-0.3, -0.25) is 4.79 Å². The van der Waals surface area contributed by atoms with Gasteiger partial charge in [-0.25, -0.2) is 0 Å². The molecule has 88 valence electrons. The maximum Gasteiger partial charge on any atom is 0.236 e. The summed E-state index contributed by atoms with van der Waals surface area (Å²) in [6.45, 7) is 5.17. The molecule has 0 radical (unpaired) electrons. The molecule has 0 saturated heterocycles. The normalized spacial score (nSPS) is 12.2. The maximum atomic E-state index is 11.6. The van der Waals surface area contributed by atoms with E-state index in [1.807, 2.05) is 32.2 Å². The van der Waals surface area contributed by atoms with Gasteiger partial charge in [0.15, 0.2) is 0 Å². The van der Waals surface area contributed by atoms with Gasteiger partial charge in [-0.2, -0.15) is 0 Å². The van der Waals surface area contributed by atoms with Gasteiger partial charge in [0.1, 0.15) is 0 Å². The number of hydrogen-bond acceptors (Lipinski definition) is 2. The summed E-state index contributed by atoms with van der Waals surface area (Å²) in [4.78, 5) is 13.3. The van der Waals surface area contributed by atoms with Crippen molar-refractivity contribution in [2.45, 2.75) is 19.9 Å². The lowest BCUT2D eigenvalue weighted by Crippen LogP contribution is -2.36. The van der Waals surface area contributed by atoms with Crippen LogP contribution >= 0.6 is 0 Å². The van der Waals surface area contributed by atoms with E-state index in [2.05, 4.69) is 24.4 Å². The molecule has 16 heavy (non-hydrogen) atoms. The van der Waals surface area contributed by atoms with Crippen molar-refractivity contribution >= 4 is 5.91 Å². The van der Waals surface area contributed by atoms with Crippen LogP contribution in [0, 0.1) is 0 Å². The smallest absolute Gasteiger partial charge is 0.236 e. The highest BCUT2D eigenvalue weighted by Gasteiger charge is 2.09. The minimum atomic E-state index is 0.130. The third-order valence-corrected chi connectivity index (χ3v) is 2.76. The quantitative estimate of drug-likeness (QED) is 0.821. The second-order valence-corrected chi connectivity index (χ2v) is 3.92. The number of carbonyl (C=O) groups excluding carboxylic acids is 1. The number of nitrogens with one attached hydrogen (secondary N) is 1. The van der Waals surface area contributed by atoms with Crippen molar-refractivity contribution in [3.63, 3.8) is 0 Å². The molecule has 1 amide bonds. The van der Waals surface area contributed by atoms with Crippen molar-refractivity contribution in [3.8, 4) is 0 Å². The van der Waals surface area contributed by atoms with Crippen LogP contribution in [0.2, 0.25) is 0 Å². The lowest BCUT2D eigenvalue weighted by atomic mass is 10.1. The summed E-state index contributed by atoms with van der Waals surface area (Å²) in [5.41, 5.74) is 1.20. The van der Waals surface area contributed by atoms with E-state index in [-0.39, 0.29) is 11.9 Å². The van der Waals surface area contributed by atoms with E-state index >= 15 is 0 Å². The van der Waals surface area contributed by atoms with Gasteiger partial charge in [0.05, 0.1) is 6.54 Å². The average Bonchev–Trinajstić information content (AvgIpc) is 2.35. The van der Waals surface area contributed by atoms with Crippen LogP contribution in [-0.4, -0.2) is 30.9 Å². The van der Waals surface area contributed by atoms with Crippen LogP contribution in [0.3, 0.4) is 0 Å². The van der Waals surface area contributed by atoms with E-state index in [1.165, 1.54) is 5.56 Å². The highest BCUT2D eigenvalue weighted by molar-refractivity contribution is 5.77. The second kappa shape index (κ2) is 6.28. The van der Waals surface area contributed by atoms with Gasteiger partial charge < -0.3 is 10.2 Å². The van der Waals surface area contributed by atoms with Gasteiger partial charge in [-0.05, 0) is 19.4 Å². The molecule has 1 aromatic rings. The molecule has 0 aliphatic rings. The fraction of sp³-hybridized carbons (Fsp3) is 0.462. The first-order valence-corrected chi connectivity index (χ1v) is 5.67. The summed E-state index contributed by atoms with van der Waals surface area (Å²) < 4.78 is 0. The number of benzene rings is 1. The van der Waals surface area contributed by atoms with Gasteiger partial charge in [0, 0.05) is 19.6 Å². The number of amides is 1. The molecule has 1 unspecified atom stereocenters. The monoisotopic (exact) mass is 220 g/mol. The van der Waals surface area contributed by atoms with Crippen LogP contribution in [0.15, 0.2) is 30.3 Å². The molecular weight excluding hydrogens is 200 g/mol. The first-order valence-electron chi connectivity index (χ1n) is 5.67. The molecule has 0 spiro atoms. The minimum absolute atomic E-state index is 0.130. The number of nitrogens with zero attached hydrogens (tertiary/aromatic N) is 1. The summed E-state index contributed by atoms with van der Waals surface area (Å²) in [7, 11) is 1.82. The molecule has 0 aromatic heterocycles. The van der Waals surface area contributed by atoms with Gasteiger partial charge in [0.2, 0.25) is 5.91 Å². The van der Waals surface area contributed by atoms with Gasteiger partial charge in [0.25, 0.3) is 0 Å². The molecule has 1 rings (SSSR count). The number of rotatable bonds is 5. The van der Waals surface area contributed by atoms with Crippen molar-refractivity contribution in [1.29, 1.82) is 0 Å². The van der Waals surface area contributed by atoms with Crippen molar-refractivity contribution in [2.75, 3.05) is 20.1 Å². The van der Waals surface area contributed by atoms with Crippen LogP contribution in [0.4, 0.5) is 0 Å². The highest BCUT2D eigenvalue weighted by atomic mass is 16.2. The lowest BCUT2D eigenvalue weighted by Gasteiger charge is -2.18. The molecule has 3 heteroatoms. The zero-order chi connectivity index (χ0) is 12.0. The maximum absolute atomic E-state index is 11.6. The van der Waals surface area contributed by atoms with E-state index < -0.39 is 0 Å². The number of hydrogen-bond donors (Lipinski definition) is 1. The van der Waals surface area contributed by atoms with E-state index in [1.54, 1.807) is 4.90 Å². The van der Waals surface area contributed by atoms with E-state index in [9.17, 15) is 4.79 Å². The molecule has 0 aliphatic heterocycles.